The molecular weight excluding hydrogens is 370 g/mol. The Morgan fingerprint density at radius 1 is 1.14 bits per heavy atom. The predicted molar refractivity (Wildman–Crippen MR) is 107 cm³/mol. The lowest BCUT2D eigenvalue weighted by Crippen LogP contribution is -2.33. The normalized spacial score (nSPS) is 21.0. The first-order chi connectivity index (χ1) is 14.2. The fraction of sp³-hybridized carbons (Fsp3) is 0.450. The van der Waals surface area contributed by atoms with Gasteiger partial charge in [-0.3, -0.25) is 4.79 Å². The number of methoxy groups -OCH3 is 1. The van der Waals surface area contributed by atoms with Gasteiger partial charge in [-0.05, 0) is 19.1 Å². The summed E-state index contributed by atoms with van der Waals surface area (Å²) < 4.78 is 7.28. The van der Waals surface area contributed by atoms with E-state index in [0.717, 1.165) is 49.7 Å². The zero-order valence-corrected chi connectivity index (χ0v) is 16.5. The lowest BCUT2D eigenvalue weighted by Gasteiger charge is -2.23. The van der Waals surface area contributed by atoms with Gasteiger partial charge in [-0.25, -0.2) is 19.9 Å². The van der Waals surface area contributed by atoms with Crippen LogP contribution < -0.4 is 9.64 Å². The second-order valence-electron chi connectivity index (χ2n) is 7.60. The molecule has 1 amide bonds. The third-order valence-electron chi connectivity index (χ3n) is 5.99. The molecule has 0 N–H and O–H groups in total. The number of fused-ring (bicyclic) bond motifs is 2. The highest BCUT2D eigenvalue weighted by atomic mass is 16.5. The molecule has 9 heteroatoms. The number of pyridine rings is 1. The lowest BCUT2D eigenvalue weighted by molar-refractivity contribution is 0.0778. The Balaban J connectivity index is 1.33. The zero-order chi connectivity index (χ0) is 20.0. The van der Waals surface area contributed by atoms with Crippen LogP contribution in [-0.2, 0) is 6.54 Å². The number of carbonyl (C=O) groups excluding carboxylic acids is 1. The Morgan fingerprint density at radius 3 is 2.66 bits per heavy atom. The van der Waals surface area contributed by atoms with Crippen LogP contribution in [0.4, 0.5) is 5.82 Å². The molecule has 3 aromatic rings. The molecule has 3 aromatic heterocycles. The van der Waals surface area contributed by atoms with Crippen molar-refractivity contribution in [2.45, 2.75) is 13.5 Å². The molecule has 29 heavy (non-hydrogen) atoms. The van der Waals surface area contributed by atoms with Gasteiger partial charge in [0.2, 0.25) is 5.88 Å². The number of nitrogens with zero attached hydrogens (tertiary/aromatic N) is 7. The van der Waals surface area contributed by atoms with Gasteiger partial charge in [0, 0.05) is 50.8 Å². The van der Waals surface area contributed by atoms with Crippen molar-refractivity contribution in [3.63, 3.8) is 0 Å². The van der Waals surface area contributed by atoms with Crippen LogP contribution in [0.5, 0.6) is 5.88 Å². The molecule has 0 aromatic carbocycles. The van der Waals surface area contributed by atoms with Crippen LogP contribution in [-0.4, -0.2) is 68.6 Å². The van der Waals surface area contributed by atoms with Crippen LogP contribution in [0.1, 0.15) is 17.3 Å². The van der Waals surface area contributed by atoms with Gasteiger partial charge < -0.3 is 19.1 Å². The molecule has 2 fully saturated rings. The summed E-state index contributed by atoms with van der Waals surface area (Å²) in [5.41, 5.74) is 2.24. The van der Waals surface area contributed by atoms with Crippen molar-refractivity contribution in [1.82, 2.24) is 29.4 Å². The van der Waals surface area contributed by atoms with E-state index in [9.17, 15) is 4.79 Å². The summed E-state index contributed by atoms with van der Waals surface area (Å²) in [6.45, 7) is 6.10. The second-order valence-corrected chi connectivity index (χ2v) is 7.60. The van der Waals surface area contributed by atoms with Crippen molar-refractivity contribution in [3.8, 4) is 5.88 Å². The molecule has 150 valence electrons. The van der Waals surface area contributed by atoms with Crippen molar-refractivity contribution in [1.29, 1.82) is 0 Å². The van der Waals surface area contributed by atoms with Crippen LogP contribution in [0.15, 0.2) is 31.0 Å². The highest BCUT2D eigenvalue weighted by Crippen LogP contribution is 2.36. The Labute approximate surface area is 168 Å². The monoisotopic (exact) mass is 393 g/mol. The van der Waals surface area contributed by atoms with E-state index in [0.29, 0.717) is 23.3 Å². The van der Waals surface area contributed by atoms with Crippen LogP contribution >= 0.6 is 0 Å². The van der Waals surface area contributed by atoms with Crippen LogP contribution in [0.3, 0.4) is 0 Å². The number of amides is 1. The number of rotatable bonds is 4. The van der Waals surface area contributed by atoms with E-state index < -0.39 is 0 Å². The summed E-state index contributed by atoms with van der Waals surface area (Å²) in [5.74, 6) is 2.09. The highest BCUT2D eigenvalue weighted by molar-refractivity contribution is 5.96. The molecule has 0 saturated carbocycles. The minimum atomic E-state index is -0.0120. The summed E-state index contributed by atoms with van der Waals surface area (Å²) in [6.07, 6.45) is 5.07. The van der Waals surface area contributed by atoms with E-state index in [2.05, 4.69) is 31.8 Å². The molecule has 0 spiro atoms. The number of aromatic nitrogens is 5. The first kappa shape index (κ1) is 17.8. The molecule has 2 unspecified atom stereocenters. The number of hydrogen-bond acceptors (Lipinski definition) is 7. The fourth-order valence-corrected chi connectivity index (χ4v) is 4.55. The van der Waals surface area contributed by atoms with Gasteiger partial charge in [0.05, 0.1) is 13.4 Å². The summed E-state index contributed by atoms with van der Waals surface area (Å²) in [5, 5.41) is 0. The molecule has 0 radical (unpaired) electrons. The Bertz CT molecular complexity index is 1050. The van der Waals surface area contributed by atoms with Crippen molar-refractivity contribution in [2.75, 3.05) is 38.2 Å². The number of imidazole rings is 1. The Hall–Kier alpha value is -3.23. The molecule has 0 bridgehead atoms. The van der Waals surface area contributed by atoms with E-state index in [4.69, 9.17) is 4.74 Å². The topological polar surface area (TPSA) is 89.3 Å². The number of aryl methyl sites for hydroxylation is 1. The average molecular weight is 393 g/mol. The lowest BCUT2D eigenvalue weighted by atomic mass is 10.0. The molecule has 2 saturated heterocycles. The first-order valence-electron chi connectivity index (χ1n) is 9.88. The van der Waals surface area contributed by atoms with Crippen LogP contribution in [0.25, 0.3) is 11.2 Å². The molecule has 5 rings (SSSR count). The average Bonchev–Trinajstić information content (AvgIpc) is 3.45. The number of ether oxygens (including phenoxy) is 1. The van der Waals surface area contributed by atoms with Crippen molar-refractivity contribution in [2.24, 2.45) is 11.8 Å². The molecule has 2 atom stereocenters. The summed E-state index contributed by atoms with van der Waals surface area (Å²) in [7, 11) is 1.54. The maximum absolute atomic E-state index is 13.0. The third-order valence-corrected chi connectivity index (χ3v) is 5.99. The predicted octanol–water partition coefficient (Wildman–Crippen LogP) is 1.46. The number of hydrogen-bond donors (Lipinski definition) is 0. The number of anilines is 1. The van der Waals surface area contributed by atoms with Gasteiger partial charge >= 0.3 is 0 Å². The maximum atomic E-state index is 13.0. The number of carbonyl (C=O) groups is 1. The summed E-state index contributed by atoms with van der Waals surface area (Å²) >= 11 is 0. The van der Waals surface area contributed by atoms with E-state index in [1.807, 2.05) is 15.8 Å². The molecule has 5 heterocycles. The minimum absolute atomic E-state index is 0.0120. The third kappa shape index (κ3) is 2.88. The zero-order valence-electron chi connectivity index (χ0n) is 16.5. The summed E-state index contributed by atoms with van der Waals surface area (Å²) in [6, 6.07) is 3.54. The first-order valence-corrected chi connectivity index (χ1v) is 9.88. The van der Waals surface area contributed by atoms with Gasteiger partial charge in [-0.15, -0.1) is 0 Å². The van der Waals surface area contributed by atoms with Crippen molar-refractivity contribution < 1.29 is 9.53 Å². The van der Waals surface area contributed by atoms with E-state index >= 15 is 0 Å². The Kier molecular flexibility index (Phi) is 4.30. The molecule has 0 aliphatic carbocycles. The van der Waals surface area contributed by atoms with Gasteiger partial charge in [-0.2, -0.15) is 0 Å². The van der Waals surface area contributed by atoms with E-state index in [-0.39, 0.29) is 5.91 Å². The molecule has 2 aliphatic rings. The van der Waals surface area contributed by atoms with Gasteiger partial charge in [0.15, 0.2) is 17.0 Å². The maximum Gasteiger partial charge on any atom is 0.259 e. The van der Waals surface area contributed by atoms with Crippen LogP contribution in [0.2, 0.25) is 0 Å². The highest BCUT2D eigenvalue weighted by Gasteiger charge is 2.43. The van der Waals surface area contributed by atoms with E-state index in [1.54, 1.807) is 24.7 Å². The Morgan fingerprint density at radius 2 is 1.93 bits per heavy atom. The molecular formula is C20H23N7O2. The second kappa shape index (κ2) is 6.98. The largest absolute Gasteiger partial charge is 0.480 e. The SMILES string of the molecule is CCn1cnc2c(N3CC4CN(C(=O)c5cccnc5OC)CC4C3)ncnc21. The van der Waals surface area contributed by atoms with Gasteiger partial charge in [0.1, 0.15) is 11.9 Å². The molecule has 2 aliphatic heterocycles. The van der Waals surface area contributed by atoms with Crippen molar-refractivity contribution >= 4 is 22.9 Å². The quantitative estimate of drug-likeness (QED) is 0.663. The van der Waals surface area contributed by atoms with E-state index in [1.165, 1.54) is 7.11 Å². The fourth-order valence-electron chi connectivity index (χ4n) is 4.55. The van der Waals surface area contributed by atoms with Crippen LogP contribution in [0, 0.1) is 11.8 Å². The summed E-state index contributed by atoms with van der Waals surface area (Å²) in [4.78, 5) is 34.8. The standard InChI is InChI=1S/C20H23N7O2/c1-3-25-12-24-16-17(25)22-11-23-18(16)26-7-13-9-27(10-14(13)8-26)20(28)15-5-4-6-21-19(15)29-2/h4-6,11-14H,3,7-10H2,1-2H3. The number of likely N-dealkylation sites (tertiary alicyclic amines) is 1. The van der Waals surface area contributed by atoms with Gasteiger partial charge in [0.25, 0.3) is 5.91 Å². The van der Waals surface area contributed by atoms with Crippen molar-refractivity contribution in [3.05, 3.63) is 36.5 Å². The van der Waals surface area contributed by atoms with Gasteiger partial charge in [-0.1, -0.05) is 0 Å². The smallest absolute Gasteiger partial charge is 0.259 e. The minimum Gasteiger partial charge on any atom is -0.480 e. The molecule has 9 nitrogen and oxygen atoms in total.